The van der Waals surface area contributed by atoms with Crippen LogP contribution in [0.3, 0.4) is 0 Å². The average molecular weight is 249 g/mol. The molecule has 1 saturated carbocycles. The number of esters is 1. The second-order valence-corrected chi connectivity index (χ2v) is 4.66. The van der Waals surface area contributed by atoms with Crippen molar-refractivity contribution >= 4 is 21.9 Å². The largest absolute Gasteiger partial charge is 0.466 e. The van der Waals surface area contributed by atoms with Crippen LogP contribution in [0, 0.1) is 11.8 Å². The van der Waals surface area contributed by atoms with Crippen molar-refractivity contribution in [2.45, 2.75) is 30.9 Å². The first-order valence-electron chi connectivity index (χ1n) is 4.63. The number of alkyl halides is 1. The minimum absolute atomic E-state index is 0.0134. The van der Waals surface area contributed by atoms with Gasteiger partial charge in [0.15, 0.2) is 0 Å². The Morgan fingerprint density at radius 1 is 1.62 bits per heavy atom. The van der Waals surface area contributed by atoms with Crippen LogP contribution in [0.15, 0.2) is 0 Å². The van der Waals surface area contributed by atoms with Gasteiger partial charge in [0.2, 0.25) is 0 Å². The SMILES string of the molecule is CCOC(=O)[C@H]1[C@@H]2O[C@@H](C)[C@@H](Br)[C@@H]21. The van der Waals surface area contributed by atoms with Crippen LogP contribution in [0.1, 0.15) is 13.8 Å². The molecule has 1 heterocycles. The first-order valence-corrected chi connectivity index (χ1v) is 5.54. The first-order chi connectivity index (χ1) is 6.16. The van der Waals surface area contributed by atoms with Gasteiger partial charge in [-0.05, 0) is 13.8 Å². The molecule has 4 heteroatoms. The number of carbonyl (C=O) groups is 1. The van der Waals surface area contributed by atoms with Crippen LogP contribution in [-0.4, -0.2) is 29.6 Å². The number of ether oxygens (including phenoxy) is 2. The summed E-state index contributed by atoms with van der Waals surface area (Å²) in [4.78, 5) is 11.7. The van der Waals surface area contributed by atoms with Gasteiger partial charge in [0.05, 0.1) is 24.7 Å². The molecule has 0 aromatic carbocycles. The van der Waals surface area contributed by atoms with Crippen molar-refractivity contribution in [1.29, 1.82) is 0 Å². The van der Waals surface area contributed by atoms with E-state index < -0.39 is 0 Å². The molecule has 1 aliphatic carbocycles. The van der Waals surface area contributed by atoms with Crippen molar-refractivity contribution in [2.24, 2.45) is 11.8 Å². The number of hydrogen-bond donors (Lipinski definition) is 0. The van der Waals surface area contributed by atoms with Gasteiger partial charge in [-0.2, -0.15) is 0 Å². The maximum atomic E-state index is 11.3. The van der Waals surface area contributed by atoms with E-state index in [4.69, 9.17) is 9.47 Å². The smallest absolute Gasteiger partial charge is 0.312 e. The molecule has 2 fully saturated rings. The van der Waals surface area contributed by atoms with E-state index in [1.54, 1.807) is 0 Å². The summed E-state index contributed by atoms with van der Waals surface area (Å²) in [5.74, 6) is 0.225. The Labute approximate surface area is 85.9 Å². The lowest BCUT2D eigenvalue weighted by Crippen LogP contribution is -2.22. The molecule has 0 radical (unpaired) electrons. The van der Waals surface area contributed by atoms with Gasteiger partial charge in [0.1, 0.15) is 0 Å². The van der Waals surface area contributed by atoms with E-state index in [1.807, 2.05) is 13.8 Å². The summed E-state index contributed by atoms with van der Waals surface area (Å²) < 4.78 is 10.5. The van der Waals surface area contributed by atoms with E-state index >= 15 is 0 Å². The first kappa shape index (κ1) is 9.46. The molecular formula is C9H13BrO3. The molecule has 1 aliphatic heterocycles. The summed E-state index contributed by atoms with van der Waals surface area (Å²) in [6.45, 7) is 4.30. The maximum absolute atomic E-state index is 11.3. The van der Waals surface area contributed by atoms with Crippen molar-refractivity contribution in [3.05, 3.63) is 0 Å². The Balaban J connectivity index is 1.92. The van der Waals surface area contributed by atoms with E-state index in [9.17, 15) is 4.79 Å². The third-order valence-electron chi connectivity index (χ3n) is 2.75. The minimum Gasteiger partial charge on any atom is -0.466 e. The molecule has 0 spiro atoms. The molecule has 13 heavy (non-hydrogen) atoms. The lowest BCUT2D eigenvalue weighted by Gasteiger charge is -2.13. The number of carbonyl (C=O) groups excluding carboxylic acids is 1. The Morgan fingerprint density at radius 2 is 2.31 bits per heavy atom. The quantitative estimate of drug-likeness (QED) is 0.547. The number of rotatable bonds is 2. The molecule has 0 aromatic rings. The number of fused-ring (bicyclic) bond motifs is 1. The Kier molecular flexibility index (Phi) is 2.36. The molecule has 5 atom stereocenters. The summed E-state index contributed by atoms with van der Waals surface area (Å²) >= 11 is 3.54. The molecule has 2 rings (SSSR count). The fourth-order valence-corrected chi connectivity index (χ4v) is 2.78. The second kappa shape index (κ2) is 3.24. The molecule has 1 saturated heterocycles. The normalized spacial score (nSPS) is 47.2. The van der Waals surface area contributed by atoms with Crippen molar-refractivity contribution in [2.75, 3.05) is 6.61 Å². The van der Waals surface area contributed by atoms with E-state index in [2.05, 4.69) is 15.9 Å². The van der Waals surface area contributed by atoms with Crippen LogP contribution >= 0.6 is 15.9 Å². The lowest BCUT2D eigenvalue weighted by atomic mass is 10.2. The number of hydrogen-bond acceptors (Lipinski definition) is 3. The van der Waals surface area contributed by atoms with Crippen molar-refractivity contribution in [1.82, 2.24) is 0 Å². The Morgan fingerprint density at radius 3 is 2.77 bits per heavy atom. The topological polar surface area (TPSA) is 35.5 Å². The standard InChI is InChI=1S/C9H13BrO3/c1-3-12-9(11)6-5-7(10)4(2)13-8(5)6/h4-8H,3H2,1-2H3/t4-,5-,6+,7+,8+/m0/s1. The van der Waals surface area contributed by atoms with Crippen molar-refractivity contribution in [3.63, 3.8) is 0 Å². The molecule has 3 nitrogen and oxygen atoms in total. The summed E-state index contributed by atoms with van der Waals surface area (Å²) in [6.07, 6.45) is 0.333. The van der Waals surface area contributed by atoms with Gasteiger partial charge < -0.3 is 9.47 Å². The number of halogens is 1. The Bertz CT molecular complexity index is 231. The van der Waals surface area contributed by atoms with E-state index in [-0.39, 0.29) is 24.1 Å². The molecular weight excluding hydrogens is 236 g/mol. The fraction of sp³-hybridized carbons (Fsp3) is 0.889. The predicted molar refractivity (Wildman–Crippen MR) is 50.7 cm³/mol. The monoisotopic (exact) mass is 248 g/mol. The van der Waals surface area contributed by atoms with Gasteiger partial charge in [0.25, 0.3) is 0 Å². The van der Waals surface area contributed by atoms with E-state index in [0.717, 1.165) is 0 Å². The molecule has 2 aliphatic rings. The van der Waals surface area contributed by atoms with Gasteiger partial charge in [-0.25, -0.2) is 0 Å². The molecule has 0 amide bonds. The Hall–Kier alpha value is -0.0900. The highest BCUT2D eigenvalue weighted by atomic mass is 79.9. The highest BCUT2D eigenvalue weighted by molar-refractivity contribution is 9.09. The highest BCUT2D eigenvalue weighted by Gasteiger charge is 2.65. The summed E-state index contributed by atoms with van der Waals surface area (Å²) in [5.41, 5.74) is 0. The zero-order valence-electron chi connectivity index (χ0n) is 7.70. The van der Waals surface area contributed by atoms with Crippen LogP contribution in [0.25, 0.3) is 0 Å². The molecule has 74 valence electrons. The van der Waals surface area contributed by atoms with Gasteiger partial charge in [-0.3, -0.25) is 4.79 Å². The molecule has 0 aromatic heterocycles. The summed E-state index contributed by atoms with van der Waals surface area (Å²) in [6, 6.07) is 0. The van der Waals surface area contributed by atoms with Gasteiger partial charge in [-0.1, -0.05) is 15.9 Å². The van der Waals surface area contributed by atoms with Crippen LogP contribution in [0.2, 0.25) is 0 Å². The van der Waals surface area contributed by atoms with Crippen molar-refractivity contribution < 1.29 is 14.3 Å². The van der Waals surface area contributed by atoms with Crippen LogP contribution in [0.5, 0.6) is 0 Å². The van der Waals surface area contributed by atoms with Crippen LogP contribution < -0.4 is 0 Å². The lowest BCUT2D eigenvalue weighted by molar-refractivity contribution is -0.146. The molecule has 0 bridgehead atoms. The van der Waals surface area contributed by atoms with Crippen LogP contribution in [-0.2, 0) is 14.3 Å². The van der Waals surface area contributed by atoms with E-state index in [0.29, 0.717) is 17.4 Å². The average Bonchev–Trinajstić information content (AvgIpc) is 2.70. The van der Waals surface area contributed by atoms with E-state index in [1.165, 1.54) is 0 Å². The van der Waals surface area contributed by atoms with Gasteiger partial charge in [0, 0.05) is 10.7 Å². The highest BCUT2D eigenvalue weighted by Crippen LogP contribution is 2.54. The second-order valence-electron chi connectivity index (χ2n) is 3.61. The minimum atomic E-state index is -0.103. The predicted octanol–water partition coefficient (Wildman–Crippen LogP) is 1.35. The van der Waals surface area contributed by atoms with Crippen molar-refractivity contribution in [3.8, 4) is 0 Å². The molecule has 0 N–H and O–H groups in total. The third kappa shape index (κ3) is 1.40. The van der Waals surface area contributed by atoms with Crippen LogP contribution in [0.4, 0.5) is 0 Å². The summed E-state index contributed by atoms with van der Waals surface area (Å²) in [5, 5.41) is 0. The maximum Gasteiger partial charge on any atom is 0.312 e. The third-order valence-corrected chi connectivity index (χ3v) is 4.11. The summed E-state index contributed by atoms with van der Waals surface area (Å²) in [7, 11) is 0. The molecule has 0 unspecified atom stereocenters. The zero-order valence-corrected chi connectivity index (χ0v) is 9.28. The zero-order chi connectivity index (χ0) is 9.59. The van der Waals surface area contributed by atoms with Gasteiger partial charge >= 0.3 is 5.97 Å². The fourth-order valence-electron chi connectivity index (χ4n) is 2.03. The van der Waals surface area contributed by atoms with Gasteiger partial charge in [-0.15, -0.1) is 0 Å².